The Hall–Kier alpha value is -1.61. The Morgan fingerprint density at radius 2 is 1.86 bits per heavy atom. The van der Waals surface area contributed by atoms with Crippen molar-refractivity contribution in [3.05, 3.63) is 64.7 Å². The van der Waals surface area contributed by atoms with Crippen LogP contribution in [0.5, 0.6) is 5.75 Å². The number of rotatable bonds is 8. The molecule has 3 unspecified atom stereocenters. The Morgan fingerprint density at radius 1 is 1.14 bits per heavy atom. The van der Waals surface area contributed by atoms with Crippen LogP contribution in [0.3, 0.4) is 0 Å². The van der Waals surface area contributed by atoms with Crippen molar-refractivity contribution in [2.75, 3.05) is 12.5 Å². The molecular formula is C22H28O6S. The van der Waals surface area contributed by atoms with Gasteiger partial charge in [0, 0.05) is 5.56 Å². The Labute approximate surface area is 175 Å². The summed E-state index contributed by atoms with van der Waals surface area (Å²) in [5.41, 5.74) is 3.88. The van der Waals surface area contributed by atoms with Gasteiger partial charge in [0.25, 0.3) is 0 Å². The highest BCUT2D eigenvalue weighted by molar-refractivity contribution is 7.99. The summed E-state index contributed by atoms with van der Waals surface area (Å²) in [7, 11) is 0. The molecule has 4 atom stereocenters. The van der Waals surface area contributed by atoms with E-state index in [1.54, 1.807) is 23.9 Å². The van der Waals surface area contributed by atoms with Gasteiger partial charge in [0.15, 0.2) is 6.29 Å². The first kappa shape index (κ1) is 22.1. The molecule has 6 nitrogen and oxygen atoms in total. The molecule has 1 heterocycles. The first-order valence-corrected chi connectivity index (χ1v) is 10.8. The lowest BCUT2D eigenvalue weighted by atomic mass is 9.97. The minimum atomic E-state index is -1.81. The van der Waals surface area contributed by atoms with Crippen molar-refractivity contribution < 1.29 is 29.9 Å². The third-order valence-corrected chi connectivity index (χ3v) is 6.21. The largest absolute Gasteiger partial charge is 0.483 e. The van der Waals surface area contributed by atoms with Gasteiger partial charge in [-0.25, -0.2) is 0 Å². The van der Waals surface area contributed by atoms with Crippen LogP contribution in [0.2, 0.25) is 0 Å². The summed E-state index contributed by atoms with van der Waals surface area (Å²) in [4.78, 5) is 0. The number of benzene rings is 2. The van der Waals surface area contributed by atoms with Crippen LogP contribution < -0.4 is 4.74 Å². The summed E-state index contributed by atoms with van der Waals surface area (Å²) in [6.07, 6.45) is -3.82. The predicted molar refractivity (Wildman–Crippen MR) is 112 cm³/mol. The van der Waals surface area contributed by atoms with Crippen LogP contribution in [0, 0.1) is 0 Å². The Balaban J connectivity index is 1.94. The number of hydrogen-bond donors (Lipinski definition) is 4. The first-order chi connectivity index (χ1) is 13.9. The van der Waals surface area contributed by atoms with Crippen LogP contribution in [0.25, 0.3) is 0 Å². The van der Waals surface area contributed by atoms with E-state index in [1.165, 1.54) is 12.5 Å². The van der Waals surface area contributed by atoms with Gasteiger partial charge in [0.05, 0.1) is 18.0 Å². The summed E-state index contributed by atoms with van der Waals surface area (Å²) in [6, 6.07) is 13.8. The number of thioether (sulfide) groups is 1. The Morgan fingerprint density at radius 3 is 2.45 bits per heavy atom. The zero-order valence-electron chi connectivity index (χ0n) is 16.6. The summed E-state index contributed by atoms with van der Waals surface area (Å²) in [5, 5.41) is 39.0. The average molecular weight is 421 g/mol. The SMILES string of the molecule is CCc1ccc([C@@H]2SCOc3ccc(C(OC(CO)C(C)O)C(O)O)cc32)cc1. The van der Waals surface area contributed by atoms with E-state index >= 15 is 0 Å². The molecule has 0 fully saturated rings. The molecule has 0 aliphatic carbocycles. The van der Waals surface area contributed by atoms with Crippen LogP contribution in [-0.2, 0) is 11.2 Å². The molecule has 0 aromatic heterocycles. The van der Waals surface area contributed by atoms with E-state index in [0.29, 0.717) is 11.5 Å². The van der Waals surface area contributed by atoms with Gasteiger partial charge in [-0.15, -0.1) is 11.8 Å². The van der Waals surface area contributed by atoms with Crippen LogP contribution >= 0.6 is 11.8 Å². The molecule has 0 radical (unpaired) electrons. The minimum absolute atomic E-state index is 0.0477. The van der Waals surface area contributed by atoms with Gasteiger partial charge < -0.3 is 29.9 Å². The highest BCUT2D eigenvalue weighted by Crippen LogP contribution is 2.45. The van der Waals surface area contributed by atoms with Crippen molar-refractivity contribution in [3.63, 3.8) is 0 Å². The smallest absolute Gasteiger partial charge is 0.182 e. The second-order valence-electron chi connectivity index (χ2n) is 7.13. The zero-order valence-corrected chi connectivity index (χ0v) is 17.4. The maximum atomic E-state index is 9.87. The molecule has 29 heavy (non-hydrogen) atoms. The highest BCUT2D eigenvalue weighted by atomic mass is 32.2. The summed E-state index contributed by atoms with van der Waals surface area (Å²) >= 11 is 1.66. The molecule has 3 rings (SSSR count). The summed E-state index contributed by atoms with van der Waals surface area (Å²) in [5.74, 6) is 1.28. The number of aliphatic hydroxyl groups excluding tert-OH is 3. The van der Waals surface area contributed by atoms with Crippen molar-refractivity contribution in [1.29, 1.82) is 0 Å². The maximum Gasteiger partial charge on any atom is 0.182 e. The van der Waals surface area contributed by atoms with E-state index in [0.717, 1.165) is 23.3 Å². The third-order valence-electron chi connectivity index (χ3n) is 5.09. The van der Waals surface area contributed by atoms with Crippen LogP contribution in [-0.4, -0.2) is 51.5 Å². The first-order valence-electron chi connectivity index (χ1n) is 9.72. The van der Waals surface area contributed by atoms with E-state index in [9.17, 15) is 20.4 Å². The lowest BCUT2D eigenvalue weighted by Crippen LogP contribution is -2.35. The van der Waals surface area contributed by atoms with Crippen LogP contribution in [0.1, 0.15) is 47.5 Å². The zero-order chi connectivity index (χ0) is 21.0. The average Bonchev–Trinajstić information content (AvgIpc) is 2.73. The molecule has 0 amide bonds. The van der Waals surface area contributed by atoms with E-state index < -0.39 is 31.2 Å². The molecule has 0 bridgehead atoms. The maximum absolute atomic E-state index is 9.87. The van der Waals surface area contributed by atoms with Gasteiger partial charge >= 0.3 is 0 Å². The van der Waals surface area contributed by atoms with Crippen molar-refractivity contribution in [3.8, 4) is 5.75 Å². The third kappa shape index (κ3) is 5.12. The summed E-state index contributed by atoms with van der Waals surface area (Å²) < 4.78 is 11.4. The molecule has 0 saturated heterocycles. The minimum Gasteiger partial charge on any atom is -0.483 e. The molecule has 158 valence electrons. The van der Waals surface area contributed by atoms with Crippen molar-refractivity contribution in [1.82, 2.24) is 0 Å². The monoisotopic (exact) mass is 420 g/mol. The van der Waals surface area contributed by atoms with Gasteiger partial charge in [-0.2, -0.15) is 0 Å². The van der Waals surface area contributed by atoms with Gasteiger partial charge in [0.1, 0.15) is 23.9 Å². The Kier molecular flexibility index (Phi) is 7.56. The number of aryl methyl sites for hydroxylation is 1. The van der Waals surface area contributed by atoms with Crippen molar-refractivity contribution in [2.24, 2.45) is 0 Å². The van der Waals surface area contributed by atoms with E-state index in [2.05, 4.69) is 31.2 Å². The van der Waals surface area contributed by atoms with E-state index in [-0.39, 0.29) is 5.25 Å². The molecular weight excluding hydrogens is 392 g/mol. The predicted octanol–water partition coefficient (Wildman–Crippen LogP) is 2.53. The fourth-order valence-corrected chi connectivity index (χ4v) is 4.40. The molecule has 0 saturated carbocycles. The molecule has 2 aromatic rings. The van der Waals surface area contributed by atoms with Crippen molar-refractivity contribution >= 4 is 11.8 Å². The van der Waals surface area contributed by atoms with Crippen molar-refractivity contribution in [2.45, 2.75) is 50.1 Å². The summed E-state index contributed by atoms with van der Waals surface area (Å²) in [6.45, 7) is 3.17. The van der Waals surface area contributed by atoms with Crippen LogP contribution in [0.15, 0.2) is 42.5 Å². The molecule has 1 aliphatic rings. The molecule has 7 heteroatoms. The number of hydrogen-bond acceptors (Lipinski definition) is 7. The molecule has 0 spiro atoms. The number of aliphatic hydroxyl groups is 4. The lowest BCUT2D eigenvalue weighted by molar-refractivity contribution is -0.188. The van der Waals surface area contributed by atoms with E-state index in [1.807, 2.05) is 6.07 Å². The highest BCUT2D eigenvalue weighted by Gasteiger charge is 2.30. The van der Waals surface area contributed by atoms with Gasteiger partial charge in [-0.05, 0) is 42.2 Å². The second kappa shape index (κ2) is 9.93. The number of fused-ring (bicyclic) bond motifs is 1. The lowest BCUT2D eigenvalue weighted by Gasteiger charge is -2.30. The molecule has 1 aliphatic heterocycles. The normalized spacial score (nSPS) is 19.3. The quantitative estimate of drug-likeness (QED) is 0.487. The topological polar surface area (TPSA) is 99.4 Å². The molecule has 2 aromatic carbocycles. The Bertz CT molecular complexity index is 792. The van der Waals surface area contributed by atoms with Crippen LogP contribution in [0.4, 0.5) is 0 Å². The van der Waals surface area contributed by atoms with Gasteiger partial charge in [-0.3, -0.25) is 0 Å². The van der Waals surface area contributed by atoms with Gasteiger partial charge in [-0.1, -0.05) is 37.3 Å². The van der Waals surface area contributed by atoms with E-state index in [4.69, 9.17) is 9.47 Å². The standard InChI is InChI=1S/C22H28O6S/c1-3-14-4-6-15(7-5-14)21-17-10-16(8-9-18(17)27-12-29-21)20(22(25)26)28-19(11-23)13(2)24/h4-10,13,19-26H,3,11-12H2,1-2H3/t13?,19?,20?,21-/m0/s1. The van der Waals surface area contributed by atoms with Gasteiger partial charge in [0.2, 0.25) is 0 Å². The molecule has 4 N–H and O–H groups in total. The fourth-order valence-electron chi connectivity index (χ4n) is 3.36. The fraction of sp³-hybridized carbons (Fsp3) is 0.455. The second-order valence-corrected chi connectivity index (χ2v) is 8.17. The number of ether oxygens (including phenoxy) is 2.